The number of ether oxygens (including phenoxy) is 1. The van der Waals surface area contributed by atoms with Crippen molar-refractivity contribution < 1.29 is 17.9 Å². The van der Waals surface area contributed by atoms with Crippen LogP contribution in [0.2, 0.25) is 0 Å². The van der Waals surface area contributed by atoms with Crippen LogP contribution in [-0.4, -0.2) is 27.5 Å². The second-order valence-electron chi connectivity index (χ2n) is 5.10. The first-order chi connectivity index (χ1) is 9.66. The number of primary sulfonamides is 1. The molecule has 1 aromatic rings. The van der Waals surface area contributed by atoms with Gasteiger partial charge in [0, 0.05) is 6.54 Å². The third-order valence-electron chi connectivity index (χ3n) is 2.97. The van der Waals surface area contributed by atoms with Crippen LogP contribution in [-0.2, 0) is 14.8 Å². The maximum atomic E-state index is 11.6. The summed E-state index contributed by atoms with van der Waals surface area (Å²) >= 11 is 0. The topological polar surface area (TPSA) is 98.5 Å². The van der Waals surface area contributed by atoms with Crippen LogP contribution in [0.1, 0.15) is 37.8 Å². The SMILES string of the molecule is CCNC(=O)COc1cc(C(C)C)c(S(N)(=O)=O)cc1C. The predicted octanol–water partition coefficient (Wildman–Crippen LogP) is 1.28. The molecule has 7 heteroatoms. The lowest BCUT2D eigenvalue weighted by molar-refractivity contribution is -0.122. The largest absolute Gasteiger partial charge is 0.483 e. The Balaban J connectivity index is 3.14. The molecule has 0 heterocycles. The molecule has 0 bridgehead atoms. The van der Waals surface area contributed by atoms with Crippen LogP contribution >= 0.6 is 0 Å². The van der Waals surface area contributed by atoms with E-state index in [9.17, 15) is 13.2 Å². The summed E-state index contributed by atoms with van der Waals surface area (Å²) in [5, 5.41) is 7.87. The van der Waals surface area contributed by atoms with Crippen LogP contribution in [0.15, 0.2) is 17.0 Å². The second-order valence-corrected chi connectivity index (χ2v) is 6.63. The van der Waals surface area contributed by atoms with Gasteiger partial charge in [-0.15, -0.1) is 0 Å². The molecule has 0 aliphatic rings. The quantitative estimate of drug-likeness (QED) is 0.826. The molecular weight excluding hydrogens is 292 g/mol. The summed E-state index contributed by atoms with van der Waals surface area (Å²) in [4.78, 5) is 11.5. The number of nitrogens with two attached hydrogens (primary N) is 1. The number of sulfonamides is 1. The third-order valence-corrected chi connectivity index (χ3v) is 3.94. The highest BCUT2D eigenvalue weighted by Crippen LogP contribution is 2.30. The average molecular weight is 314 g/mol. The number of amides is 1. The highest BCUT2D eigenvalue weighted by atomic mass is 32.2. The number of hydrogen-bond acceptors (Lipinski definition) is 4. The Bertz CT molecular complexity index is 624. The Kier molecular flexibility index (Phi) is 5.74. The first-order valence-electron chi connectivity index (χ1n) is 6.73. The van der Waals surface area contributed by atoms with E-state index in [2.05, 4.69) is 5.32 Å². The molecule has 6 nitrogen and oxygen atoms in total. The van der Waals surface area contributed by atoms with Gasteiger partial charge in [0.25, 0.3) is 5.91 Å². The third kappa shape index (κ3) is 4.71. The van der Waals surface area contributed by atoms with Crippen molar-refractivity contribution in [3.63, 3.8) is 0 Å². The minimum Gasteiger partial charge on any atom is -0.483 e. The van der Waals surface area contributed by atoms with Gasteiger partial charge in [-0.1, -0.05) is 13.8 Å². The van der Waals surface area contributed by atoms with Crippen LogP contribution in [0, 0.1) is 6.92 Å². The van der Waals surface area contributed by atoms with Gasteiger partial charge in [0.05, 0.1) is 4.90 Å². The van der Waals surface area contributed by atoms with E-state index in [0.717, 1.165) is 0 Å². The van der Waals surface area contributed by atoms with E-state index in [1.54, 1.807) is 13.0 Å². The van der Waals surface area contributed by atoms with Crippen LogP contribution in [0.25, 0.3) is 0 Å². The fourth-order valence-electron chi connectivity index (χ4n) is 1.92. The molecule has 0 radical (unpaired) electrons. The summed E-state index contributed by atoms with van der Waals surface area (Å²) in [6, 6.07) is 3.12. The van der Waals surface area contributed by atoms with Gasteiger partial charge in [0.2, 0.25) is 10.0 Å². The molecule has 1 amide bonds. The molecule has 0 spiro atoms. The lowest BCUT2D eigenvalue weighted by Crippen LogP contribution is -2.28. The van der Waals surface area contributed by atoms with E-state index in [0.29, 0.717) is 23.4 Å². The highest BCUT2D eigenvalue weighted by Gasteiger charge is 2.19. The minimum absolute atomic E-state index is 0.0363. The van der Waals surface area contributed by atoms with Gasteiger partial charge < -0.3 is 10.1 Å². The number of carbonyl (C=O) groups excluding carboxylic acids is 1. The number of hydrogen-bond donors (Lipinski definition) is 2. The Morgan fingerprint density at radius 3 is 2.48 bits per heavy atom. The number of likely N-dealkylation sites (N-methyl/N-ethyl adjacent to an activating group) is 1. The fraction of sp³-hybridized carbons (Fsp3) is 0.500. The summed E-state index contributed by atoms with van der Waals surface area (Å²) < 4.78 is 28.8. The molecule has 0 aromatic heterocycles. The summed E-state index contributed by atoms with van der Waals surface area (Å²) in [5.74, 6) is 0.224. The van der Waals surface area contributed by atoms with Gasteiger partial charge in [-0.25, -0.2) is 13.6 Å². The van der Waals surface area contributed by atoms with E-state index >= 15 is 0 Å². The molecule has 0 saturated heterocycles. The van der Waals surface area contributed by atoms with E-state index in [1.807, 2.05) is 20.8 Å². The van der Waals surface area contributed by atoms with E-state index in [1.165, 1.54) is 6.07 Å². The van der Waals surface area contributed by atoms with Gasteiger partial charge in [-0.2, -0.15) is 0 Å². The van der Waals surface area contributed by atoms with Gasteiger partial charge in [-0.3, -0.25) is 4.79 Å². The van der Waals surface area contributed by atoms with Gasteiger partial charge in [0.1, 0.15) is 5.75 Å². The smallest absolute Gasteiger partial charge is 0.257 e. The molecule has 3 N–H and O–H groups in total. The first kappa shape index (κ1) is 17.5. The van der Waals surface area contributed by atoms with Crippen molar-refractivity contribution in [2.24, 2.45) is 5.14 Å². The zero-order valence-electron chi connectivity index (χ0n) is 12.8. The Morgan fingerprint density at radius 1 is 1.38 bits per heavy atom. The summed E-state index contributed by atoms with van der Waals surface area (Å²) in [5.41, 5.74) is 1.20. The molecule has 0 unspecified atom stereocenters. The Hall–Kier alpha value is -1.60. The van der Waals surface area contributed by atoms with Crippen molar-refractivity contribution in [3.8, 4) is 5.75 Å². The van der Waals surface area contributed by atoms with Crippen molar-refractivity contribution in [2.45, 2.75) is 38.5 Å². The predicted molar refractivity (Wildman–Crippen MR) is 80.8 cm³/mol. The molecule has 0 aliphatic carbocycles. The molecule has 0 aliphatic heterocycles. The van der Waals surface area contributed by atoms with Crippen LogP contribution < -0.4 is 15.2 Å². The molecule has 1 aromatic carbocycles. The van der Waals surface area contributed by atoms with Crippen LogP contribution in [0.4, 0.5) is 0 Å². The van der Waals surface area contributed by atoms with Crippen molar-refractivity contribution in [3.05, 3.63) is 23.3 Å². The number of rotatable bonds is 6. The monoisotopic (exact) mass is 314 g/mol. The fourth-order valence-corrected chi connectivity index (χ4v) is 2.89. The number of nitrogens with one attached hydrogen (secondary N) is 1. The molecule has 118 valence electrons. The summed E-state index contributed by atoms with van der Waals surface area (Å²) in [6.45, 7) is 7.69. The zero-order valence-corrected chi connectivity index (χ0v) is 13.6. The molecule has 0 atom stereocenters. The number of benzene rings is 1. The van der Waals surface area contributed by atoms with Crippen LogP contribution in [0.5, 0.6) is 5.75 Å². The highest BCUT2D eigenvalue weighted by molar-refractivity contribution is 7.89. The molecular formula is C14H22N2O4S. The van der Waals surface area contributed by atoms with Crippen LogP contribution in [0.3, 0.4) is 0 Å². The van der Waals surface area contributed by atoms with Gasteiger partial charge >= 0.3 is 0 Å². The Labute approximate surface area is 125 Å². The van der Waals surface area contributed by atoms with Crippen molar-refractivity contribution in [2.75, 3.05) is 13.2 Å². The van der Waals surface area contributed by atoms with Gasteiger partial charge in [-0.05, 0) is 43.0 Å². The number of carbonyl (C=O) groups is 1. The Morgan fingerprint density at radius 2 is 2.00 bits per heavy atom. The lowest BCUT2D eigenvalue weighted by atomic mass is 10.0. The molecule has 21 heavy (non-hydrogen) atoms. The average Bonchev–Trinajstić information content (AvgIpc) is 2.35. The summed E-state index contributed by atoms with van der Waals surface area (Å²) in [6.07, 6.45) is 0. The second kappa shape index (κ2) is 6.91. The standard InChI is InChI=1S/C14H22N2O4S/c1-5-16-14(17)8-20-12-7-11(9(2)3)13(6-10(12)4)21(15,18)19/h6-7,9H,5,8H2,1-4H3,(H,16,17)(H2,15,18,19). The molecule has 0 fully saturated rings. The van der Waals surface area contributed by atoms with Crippen molar-refractivity contribution in [1.82, 2.24) is 5.32 Å². The van der Waals surface area contributed by atoms with Gasteiger partial charge in [0.15, 0.2) is 6.61 Å². The first-order valence-corrected chi connectivity index (χ1v) is 8.28. The van der Waals surface area contributed by atoms with E-state index in [-0.39, 0.29) is 23.3 Å². The maximum Gasteiger partial charge on any atom is 0.257 e. The van der Waals surface area contributed by atoms with E-state index < -0.39 is 10.0 Å². The zero-order chi connectivity index (χ0) is 16.2. The number of aryl methyl sites for hydroxylation is 1. The van der Waals surface area contributed by atoms with Crippen molar-refractivity contribution >= 4 is 15.9 Å². The molecule has 0 saturated carbocycles. The normalized spacial score (nSPS) is 11.5. The summed E-state index contributed by atoms with van der Waals surface area (Å²) in [7, 11) is -3.79. The minimum atomic E-state index is -3.79. The van der Waals surface area contributed by atoms with Crippen molar-refractivity contribution in [1.29, 1.82) is 0 Å². The lowest BCUT2D eigenvalue weighted by Gasteiger charge is -2.16. The maximum absolute atomic E-state index is 11.6. The molecule has 1 rings (SSSR count). The van der Waals surface area contributed by atoms with E-state index in [4.69, 9.17) is 9.88 Å².